The molecule has 1 heterocycles. The Morgan fingerprint density at radius 3 is 2.50 bits per heavy atom. The predicted octanol–water partition coefficient (Wildman–Crippen LogP) is 1.46. The van der Waals surface area contributed by atoms with Crippen LogP contribution in [0.5, 0.6) is 0 Å². The van der Waals surface area contributed by atoms with Gasteiger partial charge in [0.15, 0.2) is 0 Å². The van der Waals surface area contributed by atoms with E-state index in [1.54, 1.807) is 0 Å². The molecule has 1 aliphatic heterocycles. The number of rotatable bonds is 5. The molecule has 1 aliphatic rings. The molecule has 1 unspecified atom stereocenters. The Balaban J connectivity index is 1.84. The molecule has 1 N–H and O–H groups in total. The Hall–Kier alpha value is -1.36. The third-order valence-corrected chi connectivity index (χ3v) is 3.47. The van der Waals surface area contributed by atoms with Crippen molar-refractivity contribution in [2.75, 3.05) is 51.8 Å². The highest BCUT2D eigenvalue weighted by Gasteiger charge is 2.12. The number of hydrogen-bond donors (Lipinski definition) is 1. The van der Waals surface area contributed by atoms with Gasteiger partial charge >= 0.3 is 0 Å². The first-order valence-electron chi connectivity index (χ1n) is 7.09. The van der Waals surface area contributed by atoms with Gasteiger partial charge in [-0.2, -0.15) is 0 Å². The number of anilines is 1. The number of aliphatic hydroxyl groups is 1. The third kappa shape index (κ3) is 4.63. The van der Waals surface area contributed by atoms with Crippen LogP contribution in [0.25, 0.3) is 6.08 Å². The van der Waals surface area contributed by atoms with E-state index in [0.717, 1.165) is 31.9 Å². The number of aliphatic hydroxyl groups excluding tert-OH is 1. The number of β-amino-alcohol motifs (C(OH)–C–C–N with tert-alkyl or cyclic N) is 1. The summed E-state index contributed by atoms with van der Waals surface area (Å²) in [5.41, 5.74) is 2.28. The number of ether oxygens (including phenoxy) is 1. The smallest absolute Gasteiger partial charge is 0.0851 e. The van der Waals surface area contributed by atoms with Gasteiger partial charge in [-0.3, -0.25) is 4.90 Å². The summed E-state index contributed by atoms with van der Waals surface area (Å²) in [5.74, 6) is 0. The van der Waals surface area contributed by atoms with Crippen molar-refractivity contribution in [1.82, 2.24) is 4.90 Å². The molecule has 1 fully saturated rings. The largest absolute Gasteiger partial charge is 0.388 e. The fourth-order valence-corrected chi connectivity index (χ4v) is 2.21. The van der Waals surface area contributed by atoms with E-state index in [1.807, 2.05) is 26.2 Å². The molecule has 0 aromatic heterocycles. The van der Waals surface area contributed by atoms with Gasteiger partial charge < -0.3 is 14.7 Å². The molecule has 1 saturated heterocycles. The van der Waals surface area contributed by atoms with Crippen molar-refractivity contribution < 1.29 is 9.84 Å². The lowest BCUT2D eigenvalue weighted by Gasteiger charge is -2.27. The monoisotopic (exact) mass is 276 g/mol. The molecule has 0 amide bonds. The minimum absolute atomic E-state index is 0.429. The van der Waals surface area contributed by atoms with E-state index in [4.69, 9.17) is 4.74 Å². The number of morpholine rings is 1. The van der Waals surface area contributed by atoms with Crippen molar-refractivity contribution in [2.24, 2.45) is 0 Å². The molecule has 20 heavy (non-hydrogen) atoms. The van der Waals surface area contributed by atoms with Crippen molar-refractivity contribution in [3.63, 3.8) is 0 Å². The minimum Gasteiger partial charge on any atom is -0.388 e. The summed E-state index contributed by atoms with van der Waals surface area (Å²) in [5, 5.41) is 10.0. The maximum absolute atomic E-state index is 10.0. The second kappa shape index (κ2) is 7.43. The summed E-state index contributed by atoms with van der Waals surface area (Å²) in [4.78, 5) is 4.30. The quantitative estimate of drug-likeness (QED) is 0.883. The summed E-state index contributed by atoms with van der Waals surface area (Å²) in [6, 6.07) is 8.28. The number of hydrogen-bond acceptors (Lipinski definition) is 4. The highest BCUT2D eigenvalue weighted by Crippen LogP contribution is 2.13. The van der Waals surface area contributed by atoms with Crippen molar-refractivity contribution in [1.29, 1.82) is 0 Å². The van der Waals surface area contributed by atoms with Gasteiger partial charge in [0.1, 0.15) is 0 Å². The molecule has 0 radical (unpaired) electrons. The van der Waals surface area contributed by atoms with Crippen LogP contribution in [-0.2, 0) is 4.74 Å². The van der Waals surface area contributed by atoms with Crippen LogP contribution in [-0.4, -0.2) is 63.1 Å². The Labute approximate surface area is 121 Å². The zero-order valence-corrected chi connectivity index (χ0v) is 12.3. The Bertz CT molecular complexity index is 423. The highest BCUT2D eigenvalue weighted by molar-refractivity contribution is 5.55. The minimum atomic E-state index is -0.429. The normalized spacial score (nSPS) is 18.4. The lowest BCUT2D eigenvalue weighted by Crippen LogP contribution is -2.40. The summed E-state index contributed by atoms with van der Waals surface area (Å²) in [6.45, 7) is 4.02. The standard InChI is InChI=1S/C16H24N2O2/c1-17(2)15-6-3-14(4-7-15)5-8-16(19)13-18-9-11-20-12-10-18/h3-8,16,19H,9-13H2,1-2H3/b8-5+. The van der Waals surface area contributed by atoms with Crippen LogP contribution in [0.15, 0.2) is 30.3 Å². The molecule has 4 nitrogen and oxygen atoms in total. The highest BCUT2D eigenvalue weighted by atomic mass is 16.5. The molecule has 1 atom stereocenters. The topological polar surface area (TPSA) is 35.9 Å². The van der Waals surface area contributed by atoms with Gasteiger partial charge in [-0.15, -0.1) is 0 Å². The van der Waals surface area contributed by atoms with Gasteiger partial charge in [-0.05, 0) is 17.7 Å². The SMILES string of the molecule is CN(C)c1ccc(/C=C/C(O)CN2CCOCC2)cc1. The van der Waals surface area contributed by atoms with Crippen molar-refractivity contribution >= 4 is 11.8 Å². The van der Waals surface area contributed by atoms with E-state index in [0.29, 0.717) is 6.54 Å². The molecule has 1 aromatic carbocycles. The Morgan fingerprint density at radius 2 is 1.90 bits per heavy atom. The van der Waals surface area contributed by atoms with E-state index in [2.05, 4.69) is 34.1 Å². The molecule has 2 rings (SSSR count). The fourth-order valence-electron chi connectivity index (χ4n) is 2.21. The second-order valence-electron chi connectivity index (χ2n) is 5.33. The van der Waals surface area contributed by atoms with Gasteiger partial charge in [0.2, 0.25) is 0 Å². The fraction of sp³-hybridized carbons (Fsp3) is 0.500. The van der Waals surface area contributed by atoms with Crippen molar-refractivity contribution in [2.45, 2.75) is 6.10 Å². The van der Waals surface area contributed by atoms with Crippen molar-refractivity contribution in [3.8, 4) is 0 Å². The van der Waals surface area contributed by atoms with Gasteiger partial charge in [-0.1, -0.05) is 24.3 Å². The molecular weight excluding hydrogens is 252 g/mol. The van der Waals surface area contributed by atoms with Crippen LogP contribution in [0.4, 0.5) is 5.69 Å². The Kier molecular flexibility index (Phi) is 5.59. The summed E-state index contributed by atoms with van der Waals surface area (Å²) in [7, 11) is 4.05. The molecule has 1 aromatic rings. The van der Waals surface area contributed by atoms with Gasteiger partial charge in [0, 0.05) is 39.4 Å². The van der Waals surface area contributed by atoms with Gasteiger partial charge in [0.05, 0.1) is 19.3 Å². The van der Waals surface area contributed by atoms with Crippen LogP contribution in [0.3, 0.4) is 0 Å². The third-order valence-electron chi connectivity index (χ3n) is 3.47. The molecular formula is C16H24N2O2. The molecule has 0 aliphatic carbocycles. The van der Waals surface area contributed by atoms with Crippen molar-refractivity contribution in [3.05, 3.63) is 35.9 Å². The van der Waals surface area contributed by atoms with Crippen LogP contribution >= 0.6 is 0 Å². The molecule has 110 valence electrons. The van der Waals surface area contributed by atoms with Gasteiger partial charge in [0.25, 0.3) is 0 Å². The predicted molar refractivity (Wildman–Crippen MR) is 83.1 cm³/mol. The molecule has 0 saturated carbocycles. The maximum atomic E-state index is 10.0. The Morgan fingerprint density at radius 1 is 1.25 bits per heavy atom. The van der Waals surface area contributed by atoms with E-state index in [-0.39, 0.29) is 0 Å². The lowest BCUT2D eigenvalue weighted by molar-refractivity contribution is 0.0223. The first-order valence-corrected chi connectivity index (χ1v) is 7.09. The van der Waals surface area contributed by atoms with Crippen LogP contribution in [0, 0.1) is 0 Å². The van der Waals surface area contributed by atoms with E-state index in [1.165, 1.54) is 5.69 Å². The molecule has 4 heteroatoms. The first kappa shape index (κ1) is 15.0. The van der Waals surface area contributed by atoms with Gasteiger partial charge in [-0.25, -0.2) is 0 Å². The average Bonchev–Trinajstić information content (AvgIpc) is 2.46. The first-order chi connectivity index (χ1) is 9.65. The second-order valence-corrected chi connectivity index (χ2v) is 5.33. The zero-order valence-electron chi connectivity index (χ0n) is 12.3. The summed E-state index contributed by atoms with van der Waals surface area (Å²) >= 11 is 0. The zero-order chi connectivity index (χ0) is 14.4. The summed E-state index contributed by atoms with van der Waals surface area (Å²) in [6.07, 6.45) is 3.41. The summed E-state index contributed by atoms with van der Waals surface area (Å²) < 4.78 is 5.30. The van der Waals surface area contributed by atoms with Crippen LogP contribution in [0.2, 0.25) is 0 Å². The maximum Gasteiger partial charge on any atom is 0.0851 e. The molecule has 0 spiro atoms. The lowest BCUT2D eigenvalue weighted by atomic mass is 10.1. The number of benzene rings is 1. The number of nitrogens with zero attached hydrogens (tertiary/aromatic N) is 2. The van der Waals surface area contributed by atoms with Crippen LogP contribution in [0.1, 0.15) is 5.56 Å². The van der Waals surface area contributed by atoms with E-state index >= 15 is 0 Å². The molecule has 0 bridgehead atoms. The van der Waals surface area contributed by atoms with Crippen LogP contribution < -0.4 is 4.90 Å². The van der Waals surface area contributed by atoms with E-state index < -0.39 is 6.10 Å². The van der Waals surface area contributed by atoms with E-state index in [9.17, 15) is 5.11 Å². The average molecular weight is 276 g/mol.